The van der Waals surface area contributed by atoms with Gasteiger partial charge < -0.3 is 10.2 Å². The highest BCUT2D eigenvalue weighted by Gasteiger charge is 2.08. The molecule has 6 heteroatoms. The zero-order chi connectivity index (χ0) is 19.1. The highest BCUT2D eigenvalue weighted by atomic mass is 32.1. The zero-order valence-electron chi connectivity index (χ0n) is 15.7. The third-order valence-electron chi connectivity index (χ3n) is 4.35. The molecule has 2 heterocycles. The molecule has 0 aliphatic carbocycles. The fourth-order valence-electron chi connectivity index (χ4n) is 2.85. The highest BCUT2D eigenvalue weighted by molar-refractivity contribution is 7.13. The van der Waals surface area contributed by atoms with Crippen molar-refractivity contribution in [2.45, 2.75) is 26.7 Å². The van der Waals surface area contributed by atoms with Gasteiger partial charge in [-0.1, -0.05) is 0 Å². The predicted octanol–water partition coefficient (Wildman–Crippen LogP) is 4.62. The highest BCUT2D eigenvalue weighted by Crippen LogP contribution is 2.23. The molecule has 5 nitrogen and oxygen atoms in total. The normalized spacial score (nSPS) is 10.6. The monoisotopic (exact) mass is 380 g/mol. The molecule has 0 fully saturated rings. The van der Waals surface area contributed by atoms with Crippen LogP contribution < -0.4 is 10.2 Å². The molecule has 0 atom stereocenters. The zero-order valence-corrected chi connectivity index (χ0v) is 16.5. The smallest absolute Gasteiger partial charge is 0.224 e. The first-order valence-corrected chi connectivity index (χ1v) is 10.1. The van der Waals surface area contributed by atoms with Crippen LogP contribution in [-0.2, 0) is 11.2 Å². The number of benzene rings is 1. The Morgan fingerprint density at radius 3 is 2.59 bits per heavy atom. The van der Waals surface area contributed by atoms with E-state index in [1.54, 1.807) is 23.7 Å². The fourth-order valence-corrected chi connectivity index (χ4v) is 3.70. The number of rotatable bonds is 8. The van der Waals surface area contributed by atoms with Gasteiger partial charge in [0.05, 0.1) is 5.69 Å². The van der Waals surface area contributed by atoms with Crippen LogP contribution in [0.15, 0.2) is 54.2 Å². The molecule has 140 valence electrons. The van der Waals surface area contributed by atoms with Gasteiger partial charge in [0.25, 0.3) is 0 Å². The van der Waals surface area contributed by atoms with E-state index >= 15 is 0 Å². The van der Waals surface area contributed by atoms with Crippen LogP contribution in [0.25, 0.3) is 10.6 Å². The van der Waals surface area contributed by atoms with Crippen molar-refractivity contribution in [3.8, 4) is 10.6 Å². The number of thiazole rings is 1. The first-order chi connectivity index (χ1) is 13.2. The lowest BCUT2D eigenvalue weighted by Crippen LogP contribution is -2.21. The number of aryl methyl sites for hydroxylation is 1. The van der Waals surface area contributed by atoms with Gasteiger partial charge in [0.2, 0.25) is 5.91 Å². The first-order valence-electron chi connectivity index (χ1n) is 9.19. The van der Waals surface area contributed by atoms with Crippen LogP contribution in [0.1, 0.15) is 26.0 Å². The summed E-state index contributed by atoms with van der Waals surface area (Å²) in [4.78, 5) is 23.2. The number of carbonyl (C=O) groups excluding carboxylic acids is 1. The van der Waals surface area contributed by atoms with E-state index in [1.165, 1.54) is 5.69 Å². The van der Waals surface area contributed by atoms with Gasteiger partial charge in [-0.2, -0.15) is 0 Å². The lowest BCUT2D eigenvalue weighted by Gasteiger charge is -2.21. The Bertz CT molecular complexity index is 857. The van der Waals surface area contributed by atoms with Gasteiger partial charge in [0.1, 0.15) is 5.01 Å². The number of carbonyl (C=O) groups is 1. The summed E-state index contributed by atoms with van der Waals surface area (Å²) in [6.07, 6.45) is 4.59. The Hall–Kier alpha value is -2.73. The molecule has 2 aromatic heterocycles. The molecule has 0 aliphatic heterocycles. The van der Waals surface area contributed by atoms with Crippen molar-refractivity contribution in [1.82, 2.24) is 9.97 Å². The molecule has 0 bridgehead atoms. The Morgan fingerprint density at radius 2 is 1.93 bits per heavy atom. The number of hydrogen-bond acceptors (Lipinski definition) is 5. The van der Waals surface area contributed by atoms with Gasteiger partial charge >= 0.3 is 0 Å². The Balaban J connectivity index is 1.52. The molecular formula is C21H24N4OS. The minimum absolute atomic E-state index is 0.00140. The lowest BCUT2D eigenvalue weighted by molar-refractivity contribution is -0.116. The van der Waals surface area contributed by atoms with E-state index in [-0.39, 0.29) is 5.91 Å². The third kappa shape index (κ3) is 5.14. The van der Waals surface area contributed by atoms with Gasteiger partial charge in [0, 0.05) is 54.2 Å². The molecule has 0 saturated carbocycles. The first kappa shape index (κ1) is 19.0. The number of nitrogens with one attached hydrogen (secondary N) is 1. The number of nitrogens with zero attached hydrogens (tertiary/aromatic N) is 3. The van der Waals surface area contributed by atoms with Crippen molar-refractivity contribution in [2.24, 2.45) is 0 Å². The Kier molecular flexibility index (Phi) is 6.54. The van der Waals surface area contributed by atoms with Crippen LogP contribution in [-0.4, -0.2) is 29.0 Å². The summed E-state index contributed by atoms with van der Waals surface area (Å²) in [6, 6.07) is 11.9. The molecule has 1 amide bonds. The van der Waals surface area contributed by atoms with Gasteiger partial charge in [-0.25, -0.2) is 4.98 Å². The second-order valence-corrected chi connectivity index (χ2v) is 7.01. The van der Waals surface area contributed by atoms with Crippen molar-refractivity contribution in [3.05, 3.63) is 59.9 Å². The van der Waals surface area contributed by atoms with Crippen LogP contribution in [0.2, 0.25) is 0 Å². The average Bonchev–Trinajstić information content (AvgIpc) is 3.18. The standard InChI is InChI=1S/C21H24N4OS/c1-3-25(4-2)19-10-7-17(8-11-19)23-20(26)12-9-18-15-27-21(24-18)16-6-5-13-22-14-16/h5-8,10-11,13-15H,3-4,9,12H2,1-2H3,(H,23,26). The maximum Gasteiger partial charge on any atom is 0.224 e. The fraction of sp³-hybridized carbons (Fsp3) is 0.286. The van der Waals surface area contributed by atoms with Crippen molar-refractivity contribution < 1.29 is 4.79 Å². The second kappa shape index (κ2) is 9.28. The molecule has 0 spiro atoms. The second-order valence-electron chi connectivity index (χ2n) is 6.15. The molecule has 3 aromatic rings. The van der Waals surface area contributed by atoms with E-state index in [0.29, 0.717) is 12.8 Å². The number of pyridine rings is 1. The lowest BCUT2D eigenvalue weighted by atomic mass is 10.2. The summed E-state index contributed by atoms with van der Waals surface area (Å²) in [5, 5.41) is 5.91. The maximum atomic E-state index is 12.2. The predicted molar refractivity (Wildman–Crippen MR) is 112 cm³/mol. The largest absolute Gasteiger partial charge is 0.372 e. The van der Waals surface area contributed by atoms with E-state index in [9.17, 15) is 4.79 Å². The summed E-state index contributed by atoms with van der Waals surface area (Å²) < 4.78 is 0. The molecule has 3 rings (SSSR count). The summed E-state index contributed by atoms with van der Waals surface area (Å²) in [7, 11) is 0. The van der Waals surface area contributed by atoms with Gasteiger partial charge in [-0.3, -0.25) is 9.78 Å². The number of anilines is 2. The van der Waals surface area contributed by atoms with Gasteiger partial charge in [-0.15, -0.1) is 11.3 Å². The third-order valence-corrected chi connectivity index (χ3v) is 5.29. The van der Waals surface area contributed by atoms with Crippen LogP contribution in [0, 0.1) is 0 Å². The van der Waals surface area contributed by atoms with Gasteiger partial charge in [0.15, 0.2) is 0 Å². The van der Waals surface area contributed by atoms with E-state index in [2.05, 4.69) is 34.0 Å². The Morgan fingerprint density at radius 1 is 1.15 bits per heavy atom. The molecule has 27 heavy (non-hydrogen) atoms. The molecule has 1 N–H and O–H groups in total. The number of aromatic nitrogens is 2. The van der Waals surface area contributed by atoms with E-state index < -0.39 is 0 Å². The van der Waals surface area contributed by atoms with E-state index in [1.807, 2.05) is 41.8 Å². The molecular weight excluding hydrogens is 356 g/mol. The maximum absolute atomic E-state index is 12.2. The van der Waals surface area contributed by atoms with Crippen molar-refractivity contribution in [2.75, 3.05) is 23.3 Å². The molecule has 0 radical (unpaired) electrons. The van der Waals surface area contributed by atoms with Crippen molar-refractivity contribution in [1.29, 1.82) is 0 Å². The van der Waals surface area contributed by atoms with Crippen molar-refractivity contribution in [3.63, 3.8) is 0 Å². The summed E-state index contributed by atoms with van der Waals surface area (Å²) in [5.74, 6) is 0.00140. The van der Waals surface area contributed by atoms with Crippen molar-refractivity contribution >= 4 is 28.6 Å². The summed E-state index contributed by atoms with van der Waals surface area (Å²) in [5.41, 5.74) is 3.94. The minimum Gasteiger partial charge on any atom is -0.372 e. The van der Waals surface area contributed by atoms with Gasteiger partial charge in [-0.05, 0) is 56.7 Å². The summed E-state index contributed by atoms with van der Waals surface area (Å²) >= 11 is 1.58. The molecule has 0 aliphatic rings. The average molecular weight is 381 g/mol. The van der Waals surface area contributed by atoms with E-state index in [4.69, 9.17) is 0 Å². The molecule has 0 saturated heterocycles. The quantitative estimate of drug-likeness (QED) is 0.619. The topological polar surface area (TPSA) is 58.1 Å². The Labute approximate surface area is 164 Å². The van der Waals surface area contributed by atoms with Crippen LogP contribution in [0.4, 0.5) is 11.4 Å². The van der Waals surface area contributed by atoms with Crippen LogP contribution in [0.3, 0.4) is 0 Å². The number of amides is 1. The number of hydrogen-bond donors (Lipinski definition) is 1. The molecule has 0 unspecified atom stereocenters. The SMILES string of the molecule is CCN(CC)c1ccc(NC(=O)CCc2csc(-c3cccnc3)n2)cc1. The van der Waals surface area contributed by atoms with E-state index in [0.717, 1.165) is 35.0 Å². The minimum atomic E-state index is 0.00140. The summed E-state index contributed by atoms with van der Waals surface area (Å²) in [6.45, 7) is 6.21. The van der Waals surface area contributed by atoms with Crippen LogP contribution >= 0.6 is 11.3 Å². The van der Waals surface area contributed by atoms with Crippen LogP contribution in [0.5, 0.6) is 0 Å². The molecule has 1 aromatic carbocycles.